The van der Waals surface area contributed by atoms with Crippen molar-refractivity contribution < 1.29 is 4.39 Å². The Bertz CT molecular complexity index is 1320. The minimum atomic E-state index is -0.232. The van der Waals surface area contributed by atoms with Crippen LogP contribution in [0.15, 0.2) is 79.0 Å². The normalized spacial score (nSPS) is 11.3. The zero-order valence-corrected chi connectivity index (χ0v) is 17.8. The van der Waals surface area contributed by atoms with E-state index in [9.17, 15) is 4.39 Å². The van der Waals surface area contributed by atoms with Crippen LogP contribution in [0.4, 0.5) is 4.39 Å². The third-order valence-corrected chi connectivity index (χ3v) is 6.61. The average molecular weight is 433 g/mol. The molecular weight excluding hydrogens is 415 g/mol. The average Bonchev–Trinajstić information content (AvgIpc) is 3.35. The first-order chi connectivity index (χ1) is 14.6. The van der Waals surface area contributed by atoms with E-state index in [1.807, 2.05) is 49.4 Å². The molecule has 5 heteroatoms. The van der Waals surface area contributed by atoms with Gasteiger partial charge in [-0.1, -0.05) is 35.9 Å². The Balaban J connectivity index is 1.63. The summed E-state index contributed by atoms with van der Waals surface area (Å²) in [6, 6.07) is 23.1. The van der Waals surface area contributed by atoms with Crippen LogP contribution < -0.4 is 0 Å². The number of aromatic nitrogens is 2. The van der Waals surface area contributed by atoms with Gasteiger partial charge in [-0.2, -0.15) is 0 Å². The van der Waals surface area contributed by atoms with Gasteiger partial charge in [0.15, 0.2) is 0 Å². The summed E-state index contributed by atoms with van der Waals surface area (Å²) in [5.41, 5.74) is 3.86. The molecule has 5 rings (SSSR count). The Morgan fingerprint density at radius 2 is 1.80 bits per heavy atom. The van der Waals surface area contributed by atoms with Gasteiger partial charge in [0.1, 0.15) is 11.6 Å². The van der Waals surface area contributed by atoms with Crippen molar-refractivity contribution in [3.63, 3.8) is 0 Å². The van der Waals surface area contributed by atoms with Crippen molar-refractivity contribution in [2.45, 2.75) is 13.3 Å². The fraction of sp³-hybridized carbons (Fsp3) is 0.0800. The van der Waals surface area contributed by atoms with Gasteiger partial charge in [0.2, 0.25) is 0 Å². The van der Waals surface area contributed by atoms with E-state index in [2.05, 4.69) is 29.0 Å². The number of imidazole rings is 1. The molecule has 0 aliphatic heterocycles. The van der Waals surface area contributed by atoms with Crippen LogP contribution in [0.5, 0.6) is 0 Å². The first kappa shape index (κ1) is 19.0. The van der Waals surface area contributed by atoms with E-state index < -0.39 is 0 Å². The molecule has 0 amide bonds. The van der Waals surface area contributed by atoms with Crippen LogP contribution in [0.2, 0.25) is 5.02 Å². The molecule has 2 nitrogen and oxygen atoms in total. The van der Waals surface area contributed by atoms with Crippen molar-refractivity contribution >= 4 is 33.0 Å². The molecular formula is C25H18ClFN2S. The highest BCUT2D eigenvalue weighted by atomic mass is 35.5. The maximum atomic E-state index is 13.9. The van der Waals surface area contributed by atoms with Gasteiger partial charge < -0.3 is 4.57 Å². The van der Waals surface area contributed by atoms with Crippen LogP contribution in [0.1, 0.15) is 17.0 Å². The summed E-state index contributed by atoms with van der Waals surface area (Å²) in [6.07, 6.45) is 2.59. The summed E-state index contributed by atoms with van der Waals surface area (Å²) in [4.78, 5) is 6.07. The number of benzene rings is 3. The zero-order chi connectivity index (χ0) is 20.7. The molecule has 0 radical (unpaired) electrons. The van der Waals surface area contributed by atoms with Crippen LogP contribution in [0.3, 0.4) is 0 Å². The van der Waals surface area contributed by atoms with Gasteiger partial charge in [-0.15, -0.1) is 11.3 Å². The number of aryl methyl sites for hydroxylation is 1. The SMILES string of the molecule is Cc1ccc(F)cc1Cc1nc(-c2cc3ccccc3s2)cn1-c1ccc(Cl)cc1. The van der Waals surface area contributed by atoms with Gasteiger partial charge in [0, 0.05) is 28.0 Å². The molecule has 0 atom stereocenters. The lowest BCUT2D eigenvalue weighted by Crippen LogP contribution is -2.03. The molecule has 2 heterocycles. The maximum Gasteiger partial charge on any atom is 0.123 e. The number of hydrogen-bond acceptors (Lipinski definition) is 2. The standard InChI is InChI=1S/C25H18ClFN2S/c1-16-6-9-20(27)12-18(16)14-25-28-22(15-29(25)21-10-7-19(26)8-11-21)24-13-17-4-2-3-5-23(17)30-24/h2-13,15H,14H2,1H3. The fourth-order valence-corrected chi connectivity index (χ4v) is 4.74. The minimum absolute atomic E-state index is 0.232. The van der Waals surface area contributed by atoms with Crippen LogP contribution in [0, 0.1) is 12.7 Å². The lowest BCUT2D eigenvalue weighted by atomic mass is 10.1. The van der Waals surface area contributed by atoms with E-state index >= 15 is 0 Å². The smallest absolute Gasteiger partial charge is 0.123 e. The Hall–Kier alpha value is -2.95. The van der Waals surface area contributed by atoms with E-state index in [4.69, 9.17) is 16.6 Å². The number of rotatable bonds is 4. The van der Waals surface area contributed by atoms with E-state index in [0.717, 1.165) is 33.2 Å². The Labute approximate surface area is 183 Å². The van der Waals surface area contributed by atoms with Crippen LogP contribution in [0.25, 0.3) is 26.3 Å². The van der Waals surface area contributed by atoms with Crippen molar-refractivity contribution in [3.8, 4) is 16.3 Å². The molecule has 0 aliphatic rings. The van der Waals surface area contributed by atoms with Crippen molar-refractivity contribution in [2.24, 2.45) is 0 Å². The lowest BCUT2D eigenvalue weighted by molar-refractivity contribution is 0.625. The Morgan fingerprint density at radius 1 is 1.00 bits per heavy atom. The van der Waals surface area contributed by atoms with Crippen molar-refractivity contribution in [3.05, 3.63) is 107 Å². The predicted molar refractivity (Wildman–Crippen MR) is 123 cm³/mol. The third kappa shape index (κ3) is 3.64. The maximum absolute atomic E-state index is 13.9. The summed E-state index contributed by atoms with van der Waals surface area (Å²) >= 11 is 7.81. The van der Waals surface area contributed by atoms with E-state index in [1.165, 1.54) is 16.2 Å². The number of halogens is 2. The van der Waals surface area contributed by atoms with Gasteiger partial charge in [-0.05, 0) is 72.0 Å². The molecule has 148 valence electrons. The molecule has 0 N–H and O–H groups in total. The summed E-state index contributed by atoms with van der Waals surface area (Å²) in [6.45, 7) is 2.00. The van der Waals surface area contributed by atoms with E-state index in [1.54, 1.807) is 17.4 Å². The Kier molecular flexibility index (Phi) is 4.89. The molecule has 2 aromatic heterocycles. The Morgan fingerprint density at radius 3 is 2.60 bits per heavy atom. The molecule has 0 saturated heterocycles. The first-order valence-electron chi connectivity index (χ1n) is 9.65. The minimum Gasteiger partial charge on any atom is -0.303 e. The van der Waals surface area contributed by atoms with Crippen LogP contribution >= 0.6 is 22.9 Å². The molecule has 0 unspecified atom stereocenters. The monoisotopic (exact) mass is 432 g/mol. The molecule has 0 aliphatic carbocycles. The molecule has 5 aromatic rings. The molecule has 30 heavy (non-hydrogen) atoms. The van der Waals surface area contributed by atoms with Gasteiger partial charge in [0.25, 0.3) is 0 Å². The van der Waals surface area contributed by atoms with Crippen molar-refractivity contribution in [1.82, 2.24) is 9.55 Å². The topological polar surface area (TPSA) is 17.8 Å². The predicted octanol–water partition coefficient (Wildman–Crippen LogP) is 7.45. The van der Waals surface area contributed by atoms with Crippen LogP contribution in [-0.2, 0) is 6.42 Å². The lowest BCUT2D eigenvalue weighted by Gasteiger charge is -2.10. The zero-order valence-electron chi connectivity index (χ0n) is 16.3. The third-order valence-electron chi connectivity index (χ3n) is 5.22. The summed E-state index contributed by atoms with van der Waals surface area (Å²) in [5, 5.41) is 1.90. The second-order valence-electron chi connectivity index (χ2n) is 7.28. The molecule has 0 fully saturated rings. The molecule has 0 saturated carbocycles. The number of nitrogens with zero attached hydrogens (tertiary/aromatic N) is 2. The summed E-state index contributed by atoms with van der Waals surface area (Å²) in [5.74, 6) is 0.628. The highest BCUT2D eigenvalue weighted by molar-refractivity contribution is 7.22. The fourth-order valence-electron chi connectivity index (χ4n) is 3.60. The number of thiophene rings is 1. The van der Waals surface area contributed by atoms with Crippen LogP contribution in [-0.4, -0.2) is 9.55 Å². The number of hydrogen-bond donors (Lipinski definition) is 0. The van der Waals surface area contributed by atoms with Crippen molar-refractivity contribution in [2.75, 3.05) is 0 Å². The van der Waals surface area contributed by atoms with Gasteiger partial charge in [-0.25, -0.2) is 9.37 Å². The second kappa shape index (κ2) is 7.71. The highest BCUT2D eigenvalue weighted by Crippen LogP contribution is 2.34. The molecule has 3 aromatic carbocycles. The number of fused-ring (bicyclic) bond motifs is 1. The van der Waals surface area contributed by atoms with Gasteiger partial charge >= 0.3 is 0 Å². The van der Waals surface area contributed by atoms with Gasteiger partial charge in [-0.3, -0.25) is 0 Å². The highest BCUT2D eigenvalue weighted by Gasteiger charge is 2.15. The molecule has 0 spiro atoms. The summed E-state index contributed by atoms with van der Waals surface area (Å²) < 4.78 is 17.2. The van der Waals surface area contributed by atoms with E-state index in [-0.39, 0.29) is 5.82 Å². The second-order valence-corrected chi connectivity index (χ2v) is 8.81. The largest absolute Gasteiger partial charge is 0.303 e. The quantitative estimate of drug-likeness (QED) is 0.288. The summed E-state index contributed by atoms with van der Waals surface area (Å²) in [7, 11) is 0. The van der Waals surface area contributed by atoms with Gasteiger partial charge in [0.05, 0.1) is 10.6 Å². The van der Waals surface area contributed by atoms with E-state index in [0.29, 0.717) is 11.4 Å². The first-order valence-corrected chi connectivity index (χ1v) is 10.8. The van der Waals surface area contributed by atoms with Crippen molar-refractivity contribution in [1.29, 1.82) is 0 Å². The molecule has 0 bridgehead atoms.